The minimum Gasteiger partial charge on any atom is -0.870 e. The number of azo groups is 1. The molecule has 0 unspecified atom stereocenters. The molecule has 4 aromatic carbocycles. The monoisotopic (exact) mass is 1010 g/mol. The number of aromatic nitrogens is 3. The minimum absolute atomic E-state index is 0. The van der Waals surface area contributed by atoms with Crippen LogP contribution in [0.2, 0.25) is 5.28 Å². The van der Waals surface area contributed by atoms with Crippen molar-refractivity contribution in [1.29, 1.82) is 0 Å². The summed E-state index contributed by atoms with van der Waals surface area (Å²) in [5.74, 6) is -3.48. The number of sulfone groups is 1. The van der Waals surface area contributed by atoms with Gasteiger partial charge in [-0.15, -0.1) is 10.2 Å². The fourth-order valence-electron chi connectivity index (χ4n) is 4.88. The van der Waals surface area contributed by atoms with Crippen LogP contribution in [0.25, 0.3) is 10.8 Å². The number of hydrogen-bond acceptors (Lipinski definition) is 23. The molecule has 0 fully saturated rings. The van der Waals surface area contributed by atoms with Crippen LogP contribution in [0.1, 0.15) is 0 Å². The van der Waals surface area contributed by atoms with Crippen molar-refractivity contribution in [1.82, 2.24) is 15.0 Å². The molecule has 5 rings (SSSR count). The van der Waals surface area contributed by atoms with Gasteiger partial charge >= 0.3 is 129 Å². The fraction of sp³-hybridized carbons (Fsp3) is 0.107. The summed E-state index contributed by atoms with van der Waals surface area (Å²) >= 11 is 6.09. The summed E-state index contributed by atoms with van der Waals surface area (Å²) < 4.78 is 174. The van der Waals surface area contributed by atoms with Crippen molar-refractivity contribution in [2.24, 2.45) is 10.2 Å². The SMILES string of the molecule is COc1ccc(S(=O)(=O)CCOS(=O)(=O)O)cc1Nc1nc(Cl)nc(Nc2cc(S(=O)(=O)[O-])cc3cc(S(=O)(=O)[O-])c(N=Nc4ccccc4S(=O)(=O)[O-])c([O-])c23)n1.[Na+].[Na+].[Na+].[Na+]. The molecule has 0 aliphatic rings. The maximum atomic E-state index is 13.9. The number of hydrogen-bond donors (Lipinski definition) is 3. The second-order valence-electron chi connectivity index (χ2n) is 11.1. The van der Waals surface area contributed by atoms with E-state index in [2.05, 4.69) is 40.0 Å². The zero-order valence-electron chi connectivity index (χ0n) is 32.3. The summed E-state index contributed by atoms with van der Waals surface area (Å²) in [6.07, 6.45) is 0. The van der Waals surface area contributed by atoms with Gasteiger partial charge in [0, 0.05) is 5.69 Å². The van der Waals surface area contributed by atoms with Crippen molar-refractivity contribution in [2.75, 3.05) is 30.1 Å². The van der Waals surface area contributed by atoms with E-state index in [-0.39, 0.29) is 130 Å². The quantitative estimate of drug-likeness (QED) is 0.0498. The van der Waals surface area contributed by atoms with Crippen molar-refractivity contribution in [3.63, 3.8) is 0 Å². The summed E-state index contributed by atoms with van der Waals surface area (Å²) in [5, 5.41) is 24.1. The normalized spacial score (nSPS) is 12.0. The molecule has 1 heterocycles. The van der Waals surface area contributed by atoms with Gasteiger partial charge in [0.05, 0.1) is 50.4 Å². The molecule has 310 valence electrons. The first kappa shape index (κ1) is 58.8. The summed E-state index contributed by atoms with van der Waals surface area (Å²) in [5.41, 5.74) is -2.68. The number of nitrogens with zero attached hydrogens (tertiary/aromatic N) is 5. The molecule has 0 spiro atoms. The smallest absolute Gasteiger partial charge is 0.870 e. The van der Waals surface area contributed by atoms with Crippen LogP contribution in [0.15, 0.2) is 90.5 Å². The van der Waals surface area contributed by atoms with Crippen LogP contribution in [0.4, 0.5) is 34.6 Å². The first-order valence-electron chi connectivity index (χ1n) is 15.0. The summed E-state index contributed by atoms with van der Waals surface area (Å²) in [6, 6.07) is 9.09. The molecule has 3 N–H and O–H groups in total. The Kier molecular flexibility index (Phi) is 21.8. The van der Waals surface area contributed by atoms with Gasteiger partial charge in [0.2, 0.25) is 17.2 Å². The van der Waals surface area contributed by atoms with Gasteiger partial charge in [-0.3, -0.25) is 4.55 Å². The summed E-state index contributed by atoms with van der Waals surface area (Å²) in [7, 11) is -24.3. The van der Waals surface area contributed by atoms with Crippen LogP contribution < -0.4 is 139 Å². The zero-order valence-corrected chi connectivity index (χ0v) is 45.2. The predicted molar refractivity (Wildman–Crippen MR) is 192 cm³/mol. The molecule has 0 atom stereocenters. The van der Waals surface area contributed by atoms with Crippen LogP contribution >= 0.6 is 11.6 Å². The van der Waals surface area contributed by atoms with E-state index in [0.29, 0.717) is 18.2 Å². The largest absolute Gasteiger partial charge is 1.00 e. The third-order valence-electron chi connectivity index (χ3n) is 7.27. The average Bonchev–Trinajstić information content (AvgIpc) is 3.09. The molecule has 1 aromatic heterocycles. The second kappa shape index (κ2) is 23.0. The van der Waals surface area contributed by atoms with Gasteiger partial charge < -0.3 is 34.1 Å². The third-order valence-corrected chi connectivity index (χ3v) is 12.1. The Morgan fingerprint density at radius 1 is 0.710 bits per heavy atom. The van der Waals surface area contributed by atoms with E-state index in [1.54, 1.807) is 0 Å². The van der Waals surface area contributed by atoms with Crippen molar-refractivity contribution < 1.29 is 193 Å². The minimum atomic E-state index is -5.66. The molecular formula is C28H20ClN7Na4O17S5. The van der Waals surface area contributed by atoms with E-state index in [1.165, 1.54) is 19.2 Å². The molecule has 34 heteroatoms. The Morgan fingerprint density at radius 3 is 1.82 bits per heavy atom. The Morgan fingerprint density at radius 2 is 1.27 bits per heavy atom. The van der Waals surface area contributed by atoms with Crippen molar-refractivity contribution in [3.8, 4) is 11.5 Å². The van der Waals surface area contributed by atoms with E-state index in [9.17, 15) is 60.9 Å². The number of methoxy groups -OCH3 is 1. The maximum Gasteiger partial charge on any atom is 1.00 e. The van der Waals surface area contributed by atoms with Gasteiger partial charge in [0.15, 0.2) is 9.84 Å². The first-order chi connectivity index (χ1) is 26.8. The first-order valence-corrected chi connectivity index (χ1v) is 22.6. The summed E-state index contributed by atoms with van der Waals surface area (Å²) in [4.78, 5) is 7.90. The standard InChI is InChI=1S/C28H24ClN7O17S5.4Na/c1-52-20-7-6-15(54(38,39)9-8-53-58(49,50)51)12-18(20)30-27-32-26(29)33-28(34-27)31-19-13-16(55(40,41)42)10-14-11-22(57(46,47)48)24(25(37)23(14)19)36-35-17-4-2-3-5-21(17)56(43,44)45;;;;/h2-7,10-13,37H,8-9H2,1H3,(H,40,41,42)(H,43,44,45)(H,46,47,48)(H,49,50,51)(H2,30,31,32,33,34);;;;/q;4*+1/p-4. The molecule has 24 nitrogen and oxygen atoms in total. The number of rotatable bonds is 15. The third kappa shape index (κ3) is 15.2. The van der Waals surface area contributed by atoms with E-state index < -0.39 is 133 Å². The number of ether oxygens (including phenoxy) is 1. The molecule has 0 aliphatic heterocycles. The molecule has 0 saturated carbocycles. The molecule has 0 aliphatic carbocycles. The maximum absolute atomic E-state index is 13.9. The molecule has 62 heavy (non-hydrogen) atoms. The number of halogens is 1. The fourth-order valence-corrected chi connectivity index (χ4v) is 8.33. The van der Waals surface area contributed by atoms with E-state index >= 15 is 0 Å². The van der Waals surface area contributed by atoms with Crippen molar-refractivity contribution >= 4 is 108 Å². The summed E-state index contributed by atoms with van der Waals surface area (Å²) in [6.45, 7) is -0.944. The van der Waals surface area contributed by atoms with Crippen LogP contribution in [-0.4, -0.2) is 94.7 Å². The molecular weight excluding hydrogens is 994 g/mol. The molecule has 5 aromatic rings. The van der Waals surface area contributed by atoms with Crippen molar-refractivity contribution in [3.05, 3.63) is 65.9 Å². The number of nitrogens with one attached hydrogen (secondary N) is 2. The van der Waals surface area contributed by atoms with Gasteiger partial charge in [0.1, 0.15) is 41.8 Å². The Balaban J connectivity index is 0.00000480. The van der Waals surface area contributed by atoms with Gasteiger partial charge in [-0.05, 0) is 70.9 Å². The van der Waals surface area contributed by atoms with Crippen LogP contribution in [0.3, 0.4) is 0 Å². The number of fused-ring (bicyclic) bond motifs is 1. The average molecular weight is 1010 g/mol. The van der Waals surface area contributed by atoms with Gasteiger partial charge in [0.25, 0.3) is 0 Å². The second-order valence-corrected chi connectivity index (χ2v) is 18.7. The van der Waals surface area contributed by atoms with E-state index in [1.807, 2.05) is 0 Å². The Bertz CT molecular complexity index is 3100. The molecule has 0 radical (unpaired) electrons. The number of benzene rings is 4. The Labute approximate surface area is 446 Å². The zero-order chi connectivity index (χ0) is 43.0. The molecule has 0 amide bonds. The van der Waals surface area contributed by atoms with Crippen LogP contribution in [-0.2, 0) is 54.8 Å². The van der Waals surface area contributed by atoms with E-state index in [4.69, 9.17) is 20.9 Å². The predicted octanol–water partition coefficient (Wildman–Crippen LogP) is -10.0. The molecule has 0 saturated heterocycles. The van der Waals surface area contributed by atoms with Gasteiger partial charge in [-0.1, -0.05) is 17.9 Å². The topological polar surface area (TPSA) is 389 Å². The van der Waals surface area contributed by atoms with Gasteiger partial charge in [-0.25, -0.2) is 37.9 Å². The molecule has 0 bridgehead atoms. The Hall–Kier alpha value is -1.21. The van der Waals surface area contributed by atoms with Crippen LogP contribution in [0.5, 0.6) is 11.5 Å². The van der Waals surface area contributed by atoms with Gasteiger partial charge in [-0.2, -0.15) is 23.4 Å². The van der Waals surface area contributed by atoms with E-state index in [0.717, 1.165) is 30.3 Å². The number of anilines is 4. The van der Waals surface area contributed by atoms with Crippen molar-refractivity contribution in [2.45, 2.75) is 19.6 Å². The van der Waals surface area contributed by atoms with Crippen LogP contribution in [0, 0.1) is 0 Å².